The lowest BCUT2D eigenvalue weighted by Crippen LogP contribution is -2.27. The van der Waals surface area contributed by atoms with Crippen molar-refractivity contribution in [2.24, 2.45) is 0 Å². The maximum absolute atomic E-state index is 12.6. The van der Waals surface area contributed by atoms with Gasteiger partial charge in [0, 0.05) is 32.6 Å². The van der Waals surface area contributed by atoms with Gasteiger partial charge in [-0.15, -0.1) is 0 Å². The largest absolute Gasteiger partial charge is 0.383 e. The van der Waals surface area contributed by atoms with Crippen LogP contribution in [0.1, 0.15) is 28.9 Å². The number of H-pyrrole nitrogens is 1. The van der Waals surface area contributed by atoms with Crippen molar-refractivity contribution in [2.75, 3.05) is 31.5 Å². The van der Waals surface area contributed by atoms with Gasteiger partial charge in [-0.2, -0.15) is 10.4 Å². The summed E-state index contributed by atoms with van der Waals surface area (Å²) in [5.74, 6) is -0.294. The van der Waals surface area contributed by atoms with Crippen molar-refractivity contribution in [2.45, 2.75) is 24.3 Å². The topological polar surface area (TPSA) is 133 Å². The Balaban J connectivity index is 1.78. The van der Waals surface area contributed by atoms with Crippen LogP contribution in [0.3, 0.4) is 0 Å². The molecule has 0 saturated carbocycles. The number of nitriles is 1. The van der Waals surface area contributed by atoms with Gasteiger partial charge in [0.15, 0.2) is 5.82 Å². The summed E-state index contributed by atoms with van der Waals surface area (Å²) in [6.07, 6.45) is 4.58. The second kappa shape index (κ2) is 7.81. The van der Waals surface area contributed by atoms with Crippen molar-refractivity contribution in [1.82, 2.24) is 19.7 Å². The highest BCUT2D eigenvalue weighted by molar-refractivity contribution is 7.92. The molecule has 0 spiro atoms. The van der Waals surface area contributed by atoms with Gasteiger partial charge in [-0.1, -0.05) is 0 Å². The zero-order valence-corrected chi connectivity index (χ0v) is 15.6. The Morgan fingerprint density at radius 3 is 2.85 bits per heavy atom. The summed E-state index contributed by atoms with van der Waals surface area (Å²) < 4.78 is 33.9. The zero-order valence-electron chi connectivity index (χ0n) is 14.8. The minimum Gasteiger partial charge on any atom is -0.383 e. The number of aromatic amines is 1. The van der Waals surface area contributed by atoms with Crippen LogP contribution in [0.5, 0.6) is 0 Å². The molecular weight excluding hydrogens is 372 g/mol. The van der Waals surface area contributed by atoms with Gasteiger partial charge < -0.3 is 14.6 Å². The molecule has 2 aromatic rings. The molecule has 2 aromatic heterocycles. The van der Waals surface area contributed by atoms with Gasteiger partial charge in [0.05, 0.1) is 13.2 Å². The maximum atomic E-state index is 12.6. The zero-order chi connectivity index (χ0) is 19.4. The fraction of sp³-hybridized carbons (Fsp3) is 0.438. The molecule has 0 atom stereocenters. The van der Waals surface area contributed by atoms with Crippen LogP contribution in [0, 0.1) is 11.3 Å². The third-order valence-corrected chi connectivity index (χ3v) is 5.55. The monoisotopic (exact) mass is 392 g/mol. The molecular formula is C16H20N6O4S. The highest BCUT2D eigenvalue weighted by Crippen LogP contribution is 2.20. The number of rotatable bonds is 7. The second-order valence-electron chi connectivity index (χ2n) is 6.11. The van der Waals surface area contributed by atoms with Gasteiger partial charge in [0.25, 0.3) is 15.9 Å². The fourth-order valence-corrected chi connectivity index (χ4v) is 3.82. The number of hydrogen-bond acceptors (Lipinski definition) is 6. The number of carbonyl (C=O) groups excluding carboxylic acids is 1. The van der Waals surface area contributed by atoms with Crippen LogP contribution >= 0.6 is 0 Å². The molecule has 1 aliphatic rings. The number of likely N-dealkylation sites (tertiary alicyclic amines) is 1. The summed E-state index contributed by atoms with van der Waals surface area (Å²) in [6, 6.07) is 3.20. The average molecular weight is 392 g/mol. The number of nitrogens with one attached hydrogen (secondary N) is 2. The minimum absolute atomic E-state index is 0.0674. The number of aromatic nitrogens is 3. The van der Waals surface area contributed by atoms with E-state index in [2.05, 4.69) is 14.8 Å². The van der Waals surface area contributed by atoms with Crippen molar-refractivity contribution in [3.8, 4) is 6.07 Å². The van der Waals surface area contributed by atoms with Crippen LogP contribution in [-0.2, 0) is 21.3 Å². The number of sulfonamides is 1. The summed E-state index contributed by atoms with van der Waals surface area (Å²) in [5, 5.41) is 13.3. The van der Waals surface area contributed by atoms with Gasteiger partial charge in [-0.05, 0) is 18.9 Å². The average Bonchev–Trinajstić information content (AvgIpc) is 3.38. The van der Waals surface area contributed by atoms with E-state index in [4.69, 9.17) is 4.74 Å². The van der Waals surface area contributed by atoms with Gasteiger partial charge in [0.1, 0.15) is 22.2 Å². The van der Waals surface area contributed by atoms with E-state index < -0.39 is 10.0 Å². The van der Waals surface area contributed by atoms with Crippen LogP contribution in [0.4, 0.5) is 5.82 Å². The first-order valence-electron chi connectivity index (χ1n) is 8.41. The second-order valence-corrected chi connectivity index (χ2v) is 7.80. The highest BCUT2D eigenvalue weighted by atomic mass is 32.2. The highest BCUT2D eigenvalue weighted by Gasteiger charge is 2.25. The van der Waals surface area contributed by atoms with Crippen LogP contribution in [0.15, 0.2) is 23.4 Å². The van der Waals surface area contributed by atoms with E-state index in [0.717, 1.165) is 12.8 Å². The Morgan fingerprint density at radius 2 is 2.19 bits per heavy atom. The van der Waals surface area contributed by atoms with E-state index in [9.17, 15) is 18.5 Å². The van der Waals surface area contributed by atoms with Crippen molar-refractivity contribution in [3.63, 3.8) is 0 Å². The summed E-state index contributed by atoms with van der Waals surface area (Å²) in [4.78, 5) is 16.7. The van der Waals surface area contributed by atoms with Crippen molar-refractivity contribution in [1.29, 1.82) is 5.26 Å². The lowest BCUT2D eigenvalue weighted by Gasteiger charge is -2.13. The quantitative estimate of drug-likeness (QED) is 0.715. The van der Waals surface area contributed by atoms with Crippen molar-refractivity contribution < 1.29 is 17.9 Å². The summed E-state index contributed by atoms with van der Waals surface area (Å²) in [6.45, 7) is 2.09. The van der Waals surface area contributed by atoms with Crippen LogP contribution in [-0.4, -0.2) is 60.8 Å². The smallest absolute Gasteiger partial charge is 0.270 e. The number of nitrogens with zero attached hydrogens (tertiary/aromatic N) is 4. The lowest BCUT2D eigenvalue weighted by molar-refractivity contribution is 0.0787. The van der Waals surface area contributed by atoms with Crippen LogP contribution < -0.4 is 4.72 Å². The third kappa shape index (κ3) is 4.12. The van der Waals surface area contributed by atoms with Crippen LogP contribution in [0.25, 0.3) is 0 Å². The summed E-state index contributed by atoms with van der Waals surface area (Å²) in [7, 11) is -2.47. The van der Waals surface area contributed by atoms with Gasteiger partial charge >= 0.3 is 0 Å². The third-order valence-electron chi connectivity index (χ3n) is 4.23. The Morgan fingerprint density at radius 1 is 1.44 bits per heavy atom. The molecule has 0 radical (unpaired) electrons. The number of hydrogen-bond donors (Lipinski definition) is 2. The number of carbonyl (C=O) groups is 1. The fourth-order valence-electron chi connectivity index (χ4n) is 2.81. The SMILES string of the molecule is COCCn1cc(C#N)c(NS(=O)(=O)c2c[nH]c(C(=O)N3CCCC3)c2)n1. The standard InChI is InChI=1S/C16H20N6O4S/c1-26-7-6-22-11-12(9-17)15(19-22)20-27(24,25)13-8-14(18-10-13)16(23)21-4-2-3-5-21/h8,10-11,18H,2-7H2,1H3,(H,19,20). The molecule has 0 aliphatic carbocycles. The van der Waals surface area contributed by atoms with Crippen LogP contribution in [0.2, 0.25) is 0 Å². The maximum Gasteiger partial charge on any atom is 0.270 e. The first kappa shape index (κ1) is 18.9. The molecule has 10 nitrogen and oxygen atoms in total. The Kier molecular flexibility index (Phi) is 5.48. The van der Waals surface area contributed by atoms with Gasteiger partial charge in [-0.3, -0.25) is 14.2 Å². The number of amides is 1. The molecule has 3 rings (SSSR count). The van der Waals surface area contributed by atoms with Crippen molar-refractivity contribution >= 4 is 21.7 Å². The van der Waals surface area contributed by atoms with E-state index in [1.807, 2.05) is 6.07 Å². The first-order chi connectivity index (χ1) is 12.9. The van der Waals surface area contributed by atoms with E-state index in [0.29, 0.717) is 26.2 Å². The molecule has 1 saturated heterocycles. The molecule has 1 amide bonds. The van der Waals surface area contributed by atoms with E-state index in [1.165, 1.54) is 30.3 Å². The van der Waals surface area contributed by atoms with E-state index in [-0.39, 0.29) is 27.9 Å². The van der Waals surface area contributed by atoms with Gasteiger partial charge in [0.2, 0.25) is 0 Å². The summed E-state index contributed by atoms with van der Waals surface area (Å²) >= 11 is 0. The normalized spacial score (nSPS) is 14.3. The molecule has 3 heterocycles. The Bertz CT molecular complexity index is 965. The molecule has 2 N–H and O–H groups in total. The van der Waals surface area contributed by atoms with E-state index in [1.54, 1.807) is 4.90 Å². The lowest BCUT2D eigenvalue weighted by atomic mass is 10.4. The summed E-state index contributed by atoms with van der Waals surface area (Å²) in [5.41, 5.74) is 0.307. The first-order valence-corrected chi connectivity index (χ1v) is 9.90. The number of methoxy groups -OCH3 is 1. The minimum atomic E-state index is -4.00. The van der Waals surface area contributed by atoms with E-state index >= 15 is 0 Å². The van der Waals surface area contributed by atoms with Crippen molar-refractivity contribution in [3.05, 3.63) is 29.7 Å². The Hall–Kier alpha value is -2.84. The predicted molar refractivity (Wildman–Crippen MR) is 95.6 cm³/mol. The number of anilines is 1. The molecule has 0 bridgehead atoms. The molecule has 27 heavy (non-hydrogen) atoms. The molecule has 144 valence electrons. The molecule has 11 heteroatoms. The molecule has 0 unspecified atom stereocenters. The molecule has 1 aliphatic heterocycles. The number of ether oxygens (including phenoxy) is 1. The van der Waals surface area contributed by atoms with Gasteiger partial charge in [-0.25, -0.2) is 8.42 Å². The molecule has 0 aromatic carbocycles. The Labute approximate surface area is 156 Å². The molecule has 1 fully saturated rings. The predicted octanol–water partition coefficient (Wildman–Crippen LogP) is 0.766.